The van der Waals surface area contributed by atoms with Crippen LogP contribution >= 0.6 is 0 Å². The third kappa shape index (κ3) is 10.5. The average Bonchev–Trinajstić information content (AvgIpc) is 3.29. The van der Waals surface area contributed by atoms with Gasteiger partial charge in [0.1, 0.15) is 18.1 Å². The Bertz CT molecular complexity index is 860. The van der Waals surface area contributed by atoms with Crippen LogP contribution in [0.5, 0.6) is 0 Å². The van der Waals surface area contributed by atoms with Gasteiger partial charge in [-0.25, -0.2) is 9.78 Å². The Morgan fingerprint density at radius 2 is 1.60 bits per heavy atom. The van der Waals surface area contributed by atoms with Crippen molar-refractivity contribution in [3.05, 3.63) is 18.2 Å². The van der Waals surface area contributed by atoms with Gasteiger partial charge in [-0.05, 0) is 31.7 Å². The van der Waals surface area contributed by atoms with Crippen LogP contribution < -0.4 is 33.2 Å². The number of primary amides is 1. The molecule has 0 radical (unpaired) electrons. The largest absolute Gasteiger partial charge is 0.480 e. The lowest BCUT2D eigenvalue weighted by Crippen LogP contribution is -2.58. The molecule has 14 nitrogen and oxygen atoms in total. The molecule has 1 aromatic heterocycles. The van der Waals surface area contributed by atoms with E-state index in [9.17, 15) is 29.1 Å². The van der Waals surface area contributed by atoms with Crippen molar-refractivity contribution < 1.29 is 29.1 Å². The van der Waals surface area contributed by atoms with E-state index in [4.69, 9.17) is 17.2 Å². The van der Waals surface area contributed by atoms with E-state index in [-0.39, 0.29) is 18.8 Å². The van der Waals surface area contributed by atoms with E-state index in [0.29, 0.717) is 25.1 Å². The maximum Gasteiger partial charge on any atom is 0.326 e. The number of rotatable bonds is 16. The van der Waals surface area contributed by atoms with Gasteiger partial charge in [-0.3, -0.25) is 19.2 Å². The number of unbranched alkanes of at least 4 members (excludes halogenated alkanes) is 1. The first kappa shape index (κ1) is 29.5. The minimum absolute atomic E-state index is 0.00978. The molecule has 0 fully saturated rings. The SMILES string of the molecule is CC(C)C(N)C(=O)NC(Cc1cnc[nH]1)C(=O)NC(CC(N)=O)C(=O)NC(CCCCN)C(=O)O. The standard InChI is InChI=1S/C21H36N8O6/c1-11(2)17(24)20(33)29-14(7-12-9-25-10-26-12)18(31)28-15(8-16(23)30)19(32)27-13(21(34)35)5-3-4-6-22/h9-11,13-15,17H,3-8,22,24H2,1-2H3,(H2,23,30)(H,25,26)(H,27,32)(H,28,31)(H,29,33)(H,34,35). The van der Waals surface area contributed by atoms with Gasteiger partial charge in [-0.15, -0.1) is 0 Å². The number of nitrogens with two attached hydrogens (primary N) is 3. The van der Waals surface area contributed by atoms with Crippen LogP contribution in [0.4, 0.5) is 0 Å². The molecule has 0 saturated carbocycles. The first-order valence-corrected chi connectivity index (χ1v) is 11.3. The Morgan fingerprint density at radius 1 is 1.00 bits per heavy atom. The number of carboxylic acids is 1. The third-order valence-corrected chi connectivity index (χ3v) is 5.23. The van der Waals surface area contributed by atoms with Crippen LogP contribution in [0.2, 0.25) is 0 Å². The fourth-order valence-electron chi connectivity index (χ4n) is 3.10. The molecule has 0 spiro atoms. The summed E-state index contributed by atoms with van der Waals surface area (Å²) in [4.78, 5) is 68.1. The summed E-state index contributed by atoms with van der Waals surface area (Å²) in [6.45, 7) is 3.85. The van der Waals surface area contributed by atoms with Crippen LogP contribution in [0.15, 0.2) is 12.5 Å². The van der Waals surface area contributed by atoms with Gasteiger partial charge in [-0.2, -0.15) is 0 Å². The number of amides is 4. The predicted molar refractivity (Wildman–Crippen MR) is 125 cm³/mol. The molecule has 4 unspecified atom stereocenters. The van der Waals surface area contributed by atoms with Crippen molar-refractivity contribution in [2.24, 2.45) is 23.1 Å². The molecule has 0 aliphatic heterocycles. The van der Waals surface area contributed by atoms with Gasteiger partial charge >= 0.3 is 5.97 Å². The molecule has 1 rings (SSSR count). The number of nitrogens with zero attached hydrogens (tertiary/aromatic N) is 1. The number of aromatic nitrogens is 2. The van der Waals surface area contributed by atoms with Gasteiger partial charge in [0.15, 0.2) is 0 Å². The van der Waals surface area contributed by atoms with E-state index in [0.717, 1.165) is 0 Å². The summed E-state index contributed by atoms with van der Waals surface area (Å²) < 4.78 is 0. The van der Waals surface area contributed by atoms with Crippen LogP contribution in [0.3, 0.4) is 0 Å². The molecule has 14 heteroatoms. The molecule has 1 heterocycles. The second-order valence-corrected chi connectivity index (χ2v) is 8.53. The number of hydrogen-bond donors (Lipinski definition) is 8. The molecule has 0 aliphatic carbocycles. The molecule has 11 N–H and O–H groups in total. The first-order chi connectivity index (χ1) is 16.5. The molecule has 0 saturated heterocycles. The quantitative estimate of drug-likeness (QED) is 0.112. The van der Waals surface area contributed by atoms with E-state index < -0.39 is 60.2 Å². The summed E-state index contributed by atoms with van der Waals surface area (Å²) in [7, 11) is 0. The lowest BCUT2D eigenvalue weighted by atomic mass is 10.0. The Kier molecular flexibility index (Phi) is 12.4. The summed E-state index contributed by atoms with van der Waals surface area (Å²) in [6.07, 6.45) is 3.39. The second-order valence-electron chi connectivity index (χ2n) is 8.53. The van der Waals surface area contributed by atoms with Crippen LogP contribution in [-0.4, -0.2) is 75.4 Å². The van der Waals surface area contributed by atoms with Gasteiger partial charge in [0, 0.05) is 18.3 Å². The summed E-state index contributed by atoms with van der Waals surface area (Å²) in [5, 5.41) is 16.7. The van der Waals surface area contributed by atoms with Crippen molar-refractivity contribution in [1.82, 2.24) is 25.9 Å². The van der Waals surface area contributed by atoms with Gasteiger partial charge in [-0.1, -0.05) is 13.8 Å². The molecule has 0 aliphatic rings. The molecular weight excluding hydrogens is 460 g/mol. The highest BCUT2D eigenvalue weighted by molar-refractivity contribution is 5.96. The highest BCUT2D eigenvalue weighted by Crippen LogP contribution is 2.06. The molecule has 4 atom stereocenters. The van der Waals surface area contributed by atoms with Crippen LogP contribution in [0, 0.1) is 5.92 Å². The van der Waals surface area contributed by atoms with E-state index in [1.165, 1.54) is 12.5 Å². The minimum atomic E-state index is -1.46. The summed E-state index contributed by atoms with van der Waals surface area (Å²) in [5.74, 6) is -4.64. The van der Waals surface area contributed by atoms with Gasteiger partial charge in [0.05, 0.1) is 18.8 Å². The summed E-state index contributed by atoms with van der Waals surface area (Å²) in [6, 6.07) is -4.76. The maximum atomic E-state index is 13.1. The Hall–Kier alpha value is -3.52. The second kappa shape index (κ2) is 14.7. The third-order valence-electron chi connectivity index (χ3n) is 5.23. The lowest BCUT2D eigenvalue weighted by molar-refractivity contribution is -0.142. The van der Waals surface area contributed by atoms with Crippen molar-refractivity contribution >= 4 is 29.6 Å². The molecule has 0 aromatic carbocycles. The van der Waals surface area contributed by atoms with Gasteiger partial charge < -0.3 is 43.2 Å². The zero-order valence-electron chi connectivity index (χ0n) is 20.0. The van der Waals surface area contributed by atoms with E-state index in [2.05, 4.69) is 25.9 Å². The van der Waals surface area contributed by atoms with Crippen molar-refractivity contribution in [2.45, 2.75) is 70.1 Å². The maximum absolute atomic E-state index is 13.1. The van der Waals surface area contributed by atoms with Gasteiger partial charge in [0.25, 0.3) is 0 Å². The average molecular weight is 497 g/mol. The Morgan fingerprint density at radius 3 is 2.11 bits per heavy atom. The van der Waals surface area contributed by atoms with Crippen LogP contribution in [-0.2, 0) is 30.4 Å². The zero-order chi connectivity index (χ0) is 26.5. The van der Waals surface area contributed by atoms with Crippen molar-refractivity contribution in [3.63, 3.8) is 0 Å². The Labute approximate surface area is 203 Å². The molecule has 1 aromatic rings. The lowest BCUT2D eigenvalue weighted by Gasteiger charge is -2.25. The normalized spacial score (nSPS) is 14.4. The van der Waals surface area contributed by atoms with Crippen molar-refractivity contribution in [2.75, 3.05) is 6.54 Å². The number of aliphatic carboxylic acids is 1. The number of H-pyrrole nitrogens is 1. The summed E-state index contributed by atoms with van der Waals surface area (Å²) in [5.41, 5.74) is 17.1. The number of aromatic amines is 1. The van der Waals surface area contributed by atoms with E-state index >= 15 is 0 Å². The van der Waals surface area contributed by atoms with Crippen molar-refractivity contribution in [3.8, 4) is 0 Å². The zero-order valence-corrected chi connectivity index (χ0v) is 20.0. The monoisotopic (exact) mass is 496 g/mol. The number of hydrogen-bond acceptors (Lipinski definition) is 8. The van der Waals surface area contributed by atoms with E-state index in [1.54, 1.807) is 13.8 Å². The Balaban J connectivity index is 3.03. The van der Waals surface area contributed by atoms with Crippen molar-refractivity contribution in [1.29, 1.82) is 0 Å². The minimum Gasteiger partial charge on any atom is -0.480 e. The fourth-order valence-corrected chi connectivity index (χ4v) is 3.10. The molecule has 196 valence electrons. The number of carbonyl (C=O) groups is 5. The number of carbonyl (C=O) groups excluding carboxylic acids is 4. The number of nitrogens with one attached hydrogen (secondary N) is 4. The predicted octanol–water partition coefficient (Wildman–Crippen LogP) is -2.52. The van der Waals surface area contributed by atoms with Gasteiger partial charge in [0.2, 0.25) is 23.6 Å². The van der Waals surface area contributed by atoms with E-state index in [1.807, 2.05) is 0 Å². The smallest absolute Gasteiger partial charge is 0.326 e. The number of carboxylic acid groups (broad SMARTS) is 1. The highest BCUT2D eigenvalue weighted by Gasteiger charge is 2.31. The molecular formula is C21H36N8O6. The first-order valence-electron chi connectivity index (χ1n) is 11.3. The van der Waals surface area contributed by atoms with Crippen LogP contribution in [0.25, 0.3) is 0 Å². The fraction of sp³-hybridized carbons (Fsp3) is 0.619. The highest BCUT2D eigenvalue weighted by atomic mass is 16.4. The van der Waals surface area contributed by atoms with Crippen LogP contribution in [0.1, 0.15) is 45.2 Å². The topological polar surface area (TPSA) is 248 Å². The number of imidazole rings is 1. The molecule has 0 bridgehead atoms. The molecule has 35 heavy (non-hydrogen) atoms. The molecule has 4 amide bonds. The summed E-state index contributed by atoms with van der Waals surface area (Å²) >= 11 is 0.